The molecule has 0 saturated carbocycles. The van der Waals surface area contributed by atoms with E-state index in [9.17, 15) is 8.78 Å². The summed E-state index contributed by atoms with van der Waals surface area (Å²) < 4.78 is 34.4. The van der Waals surface area contributed by atoms with E-state index in [0.717, 1.165) is 31.4 Å². The predicted octanol–water partition coefficient (Wildman–Crippen LogP) is 4.10. The average molecular weight is 407 g/mol. The topological polar surface area (TPSA) is 75.7 Å². The molecule has 6 nitrogen and oxygen atoms in total. The molecule has 0 aliphatic carbocycles. The van der Waals surface area contributed by atoms with Crippen LogP contribution in [0.3, 0.4) is 0 Å². The summed E-state index contributed by atoms with van der Waals surface area (Å²) in [7, 11) is 0. The molecule has 0 bridgehead atoms. The van der Waals surface area contributed by atoms with Gasteiger partial charge in [-0.25, -0.2) is 13.8 Å². The number of nitrogens with zero attached hydrogens (tertiary/aromatic N) is 3. The average Bonchev–Trinajstić information content (AvgIpc) is 3.18. The summed E-state index contributed by atoms with van der Waals surface area (Å²) in [4.78, 5) is 8.72. The molecule has 5 rings (SSSR count). The molecule has 152 valence electrons. The largest absolute Gasteiger partial charge is 0.459 e. The summed E-state index contributed by atoms with van der Waals surface area (Å²) in [5.74, 6) is -1.23. The van der Waals surface area contributed by atoms with Gasteiger partial charge >= 0.3 is 6.01 Å². The second-order valence-electron chi connectivity index (χ2n) is 7.24. The molecule has 0 spiro atoms. The third-order valence-electron chi connectivity index (χ3n) is 5.21. The summed E-state index contributed by atoms with van der Waals surface area (Å²) in [5, 5.41) is 11.3. The van der Waals surface area contributed by atoms with E-state index in [0.29, 0.717) is 22.3 Å². The molecule has 0 radical (unpaired) electrons. The Balaban J connectivity index is 1.53. The van der Waals surface area contributed by atoms with E-state index in [1.54, 1.807) is 30.5 Å². The number of hydrogen-bond donors (Lipinski definition) is 2. The van der Waals surface area contributed by atoms with Crippen LogP contribution in [0.25, 0.3) is 33.4 Å². The number of nitrogens with one attached hydrogen (secondary N) is 2. The molecular weight excluding hydrogens is 388 g/mol. The van der Waals surface area contributed by atoms with Gasteiger partial charge in [-0.05, 0) is 55.3 Å². The monoisotopic (exact) mass is 407 g/mol. The van der Waals surface area contributed by atoms with Crippen LogP contribution in [-0.4, -0.2) is 39.4 Å². The molecule has 4 aromatic rings. The van der Waals surface area contributed by atoms with Crippen molar-refractivity contribution in [2.75, 3.05) is 13.1 Å². The normalized spacial score (nSPS) is 16.7. The van der Waals surface area contributed by atoms with E-state index >= 15 is 0 Å². The zero-order valence-electron chi connectivity index (χ0n) is 16.0. The summed E-state index contributed by atoms with van der Waals surface area (Å²) in [6.07, 6.45) is 3.64. The zero-order valence-corrected chi connectivity index (χ0v) is 16.0. The number of benzene rings is 2. The molecule has 30 heavy (non-hydrogen) atoms. The van der Waals surface area contributed by atoms with Crippen LogP contribution in [0.1, 0.15) is 12.8 Å². The maximum absolute atomic E-state index is 14.3. The Hall–Kier alpha value is -3.39. The second-order valence-corrected chi connectivity index (χ2v) is 7.24. The fourth-order valence-electron chi connectivity index (χ4n) is 3.74. The summed E-state index contributed by atoms with van der Waals surface area (Å²) >= 11 is 0. The van der Waals surface area contributed by atoms with Gasteiger partial charge in [-0.3, -0.25) is 5.10 Å². The highest BCUT2D eigenvalue weighted by Gasteiger charge is 2.18. The van der Waals surface area contributed by atoms with E-state index in [2.05, 4.69) is 25.5 Å². The first-order valence-electron chi connectivity index (χ1n) is 9.82. The molecule has 2 aromatic carbocycles. The van der Waals surface area contributed by atoms with E-state index in [4.69, 9.17) is 4.74 Å². The standard InChI is InChI=1S/C22H19F2N5O/c23-16-4-1-5-17(24)20(16)13-6-7-18-15(11-13)21(29-28-18)19-8-10-26-22(27-19)30-14-3-2-9-25-12-14/h1,4-8,10-11,14,25H,2-3,9,12H2,(H,28,29). The van der Waals surface area contributed by atoms with Crippen molar-refractivity contribution in [2.24, 2.45) is 0 Å². The van der Waals surface area contributed by atoms with Gasteiger partial charge in [0.25, 0.3) is 0 Å². The molecule has 0 amide bonds. The Morgan fingerprint density at radius 1 is 1.07 bits per heavy atom. The second kappa shape index (κ2) is 7.79. The smallest absolute Gasteiger partial charge is 0.317 e. The molecular formula is C22H19F2N5O. The number of hydrogen-bond acceptors (Lipinski definition) is 5. The van der Waals surface area contributed by atoms with Crippen molar-refractivity contribution >= 4 is 10.9 Å². The van der Waals surface area contributed by atoms with Crippen LogP contribution in [0.2, 0.25) is 0 Å². The van der Waals surface area contributed by atoms with Crippen molar-refractivity contribution in [1.82, 2.24) is 25.5 Å². The number of rotatable bonds is 4. The summed E-state index contributed by atoms with van der Waals surface area (Å²) in [6.45, 7) is 1.75. The molecule has 1 unspecified atom stereocenters. The lowest BCUT2D eigenvalue weighted by atomic mass is 10.0. The number of H-pyrrole nitrogens is 1. The Labute approximate surface area is 171 Å². The van der Waals surface area contributed by atoms with Gasteiger partial charge in [0.2, 0.25) is 0 Å². The van der Waals surface area contributed by atoms with E-state index in [-0.39, 0.29) is 17.7 Å². The van der Waals surface area contributed by atoms with Crippen LogP contribution in [0.5, 0.6) is 6.01 Å². The van der Waals surface area contributed by atoms with Crippen LogP contribution in [-0.2, 0) is 0 Å². The van der Waals surface area contributed by atoms with Crippen LogP contribution >= 0.6 is 0 Å². The highest BCUT2D eigenvalue weighted by atomic mass is 19.1. The lowest BCUT2D eigenvalue weighted by Crippen LogP contribution is -2.37. The minimum absolute atomic E-state index is 0.0283. The maximum atomic E-state index is 14.3. The van der Waals surface area contributed by atoms with Crippen molar-refractivity contribution in [3.63, 3.8) is 0 Å². The number of aromatic amines is 1. The van der Waals surface area contributed by atoms with Crippen LogP contribution in [0.4, 0.5) is 8.78 Å². The molecule has 2 aromatic heterocycles. The third-order valence-corrected chi connectivity index (χ3v) is 5.21. The predicted molar refractivity (Wildman–Crippen MR) is 109 cm³/mol. The van der Waals surface area contributed by atoms with Gasteiger partial charge in [-0.15, -0.1) is 0 Å². The Kier molecular flexibility index (Phi) is 4.84. The molecule has 3 heterocycles. The Morgan fingerprint density at radius 2 is 1.93 bits per heavy atom. The molecule has 1 atom stereocenters. The maximum Gasteiger partial charge on any atom is 0.317 e. The SMILES string of the molecule is Fc1cccc(F)c1-c1ccc2[nH]nc(-c3ccnc(OC4CCCNC4)n3)c2c1. The lowest BCUT2D eigenvalue weighted by molar-refractivity contribution is 0.153. The van der Waals surface area contributed by atoms with Crippen molar-refractivity contribution < 1.29 is 13.5 Å². The van der Waals surface area contributed by atoms with E-state index in [1.165, 1.54) is 18.2 Å². The van der Waals surface area contributed by atoms with Crippen LogP contribution in [0.15, 0.2) is 48.7 Å². The third kappa shape index (κ3) is 3.50. The number of fused-ring (bicyclic) bond motifs is 1. The van der Waals surface area contributed by atoms with Crippen molar-refractivity contribution in [2.45, 2.75) is 18.9 Å². The first kappa shape index (κ1) is 18.6. The first-order valence-corrected chi connectivity index (χ1v) is 9.82. The fraction of sp³-hybridized carbons (Fsp3) is 0.227. The number of ether oxygens (including phenoxy) is 1. The Bertz CT molecular complexity index is 1180. The Morgan fingerprint density at radius 3 is 2.73 bits per heavy atom. The van der Waals surface area contributed by atoms with E-state index in [1.807, 2.05) is 0 Å². The minimum Gasteiger partial charge on any atom is -0.459 e. The van der Waals surface area contributed by atoms with Crippen molar-refractivity contribution in [1.29, 1.82) is 0 Å². The van der Waals surface area contributed by atoms with Crippen molar-refractivity contribution in [3.8, 4) is 28.5 Å². The van der Waals surface area contributed by atoms with Crippen LogP contribution < -0.4 is 10.1 Å². The lowest BCUT2D eigenvalue weighted by Gasteiger charge is -2.22. The quantitative estimate of drug-likeness (QED) is 0.533. The van der Waals surface area contributed by atoms with Gasteiger partial charge in [0.1, 0.15) is 23.4 Å². The minimum atomic E-state index is -0.613. The molecule has 2 N–H and O–H groups in total. The number of piperidine rings is 1. The zero-order chi connectivity index (χ0) is 20.5. The fourth-order valence-corrected chi connectivity index (χ4v) is 3.74. The molecule has 1 saturated heterocycles. The first-order chi connectivity index (χ1) is 14.7. The number of aromatic nitrogens is 4. The molecule has 8 heteroatoms. The summed E-state index contributed by atoms with van der Waals surface area (Å²) in [6, 6.07) is 11.0. The van der Waals surface area contributed by atoms with Gasteiger partial charge in [-0.2, -0.15) is 10.1 Å². The van der Waals surface area contributed by atoms with Gasteiger partial charge in [0.05, 0.1) is 16.8 Å². The van der Waals surface area contributed by atoms with Crippen LogP contribution in [0, 0.1) is 11.6 Å². The van der Waals surface area contributed by atoms with Gasteiger partial charge in [0, 0.05) is 18.1 Å². The van der Waals surface area contributed by atoms with Crippen molar-refractivity contribution in [3.05, 3.63) is 60.3 Å². The van der Waals surface area contributed by atoms with E-state index < -0.39 is 11.6 Å². The number of halogens is 2. The highest BCUT2D eigenvalue weighted by Crippen LogP contribution is 2.32. The summed E-state index contributed by atoms with van der Waals surface area (Å²) in [5.41, 5.74) is 2.24. The van der Waals surface area contributed by atoms with Gasteiger partial charge < -0.3 is 10.1 Å². The van der Waals surface area contributed by atoms with Gasteiger partial charge in [0.15, 0.2) is 0 Å². The molecule has 1 fully saturated rings. The molecule has 1 aliphatic rings. The highest BCUT2D eigenvalue weighted by molar-refractivity contribution is 5.95. The molecule has 1 aliphatic heterocycles. The van der Waals surface area contributed by atoms with Gasteiger partial charge in [-0.1, -0.05) is 12.1 Å².